The monoisotopic (exact) mass is 275 g/mol. The van der Waals surface area contributed by atoms with Crippen LogP contribution in [0.15, 0.2) is 24.3 Å². The number of hydrogen-bond acceptors (Lipinski definition) is 4. The molecule has 0 fully saturated rings. The second-order valence-electron chi connectivity index (χ2n) is 4.64. The van der Waals surface area contributed by atoms with Crippen molar-refractivity contribution in [2.24, 2.45) is 0 Å². The molecule has 0 aliphatic rings. The minimum Gasteiger partial charge on any atom is -0.383 e. The topological polar surface area (TPSA) is 65.4 Å². The standard InChI is InChI=1S/C15H21N3O2/c1-18(10-11-20-2)9-3-4-15(19)17-14-7-5-13(12-16)6-8-14/h5-8H,3-4,9-11H2,1-2H3,(H,17,19). The molecule has 1 rings (SSSR count). The Labute approximate surface area is 120 Å². The number of carbonyl (C=O) groups excluding carboxylic acids is 1. The molecule has 0 saturated heterocycles. The number of nitriles is 1. The lowest BCUT2D eigenvalue weighted by atomic mass is 10.2. The fourth-order valence-electron chi connectivity index (χ4n) is 1.72. The Bertz CT molecular complexity index is 451. The Morgan fingerprint density at radius 3 is 2.65 bits per heavy atom. The molecule has 5 nitrogen and oxygen atoms in total. The molecular formula is C15H21N3O2. The molecule has 0 spiro atoms. The van der Waals surface area contributed by atoms with Crippen molar-refractivity contribution in [1.82, 2.24) is 4.90 Å². The van der Waals surface area contributed by atoms with Crippen LogP contribution in [0.25, 0.3) is 0 Å². The van der Waals surface area contributed by atoms with Gasteiger partial charge in [0, 0.05) is 25.8 Å². The lowest BCUT2D eigenvalue weighted by molar-refractivity contribution is -0.116. The first-order valence-electron chi connectivity index (χ1n) is 6.63. The number of rotatable bonds is 8. The van der Waals surface area contributed by atoms with Gasteiger partial charge in [-0.1, -0.05) is 0 Å². The van der Waals surface area contributed by atoms with Crippen LogP contribution in [0.2, 0.25) is 0 Å². The number of hydrogen-bond donors (Lipinski definition) is 1. The molecular weight excluding hydrogens is 254 g/mol. The number of amides is 1. The van der Waals surface area contributed by atoms with Crippen molar-refractivity contribution in [3.05, 3.63) is 29.8 Å². The SMILES string of the molecule is COCCN(C)CCCC(=O)Nc1ccc(C#N)cc1. The molecule has 0 aliphatic carbocycles. The summed E-state index contributed by atoms with van der Waals surface area (Å²) in [5, 5.41) is 11.5. The molecule has 1 aromatic rings. The third-order valence-electron chi connectivity index (χ3n) is 2.92. The Hall–Kier alpha value is -1.90. The van der Waals surface area contributed by atoms with E-state index in [4.69, 9.17) is 10.00 Å². The van der Waals surface area contributed by atoms with Crippen LogP contribution in [0.3, 0.4) is 0 Å². The van der Waals surface area contributed by atoms with Crippen LogP contribution < -0.4 is 5.32 Å². The largest absolute Gasteiger partial charge is 0.383 e. The molecule has 0 aromatic heterocycles. The highest BCUT2D eigenvalue weighted by Crippen LogP contribution is 2.09. The number of benzene rings is 1. The third kappa shape index (κ3) is 6.32. The van der Waals surface area contributed by atoms with Crippen LogP contribution in [-0.2, 0) is 9.53 Å². The highest BCUT2D eigenvalue weighted by Gasteiger charge is 2.04. The highest BCUT2D eigenvalue weighted by molar-refractivity contribution is 5.90. The van der Waals surface area contributed by atoms with Gasteiger partial charge >= 0.3 is 0 Å². The molecule has 1 N–H and O–H groups in total. The zero-order chi connectivity index (χ0) is 14.8. The van der Waals surface area contributed by atoms with Crippen molar-refractivity contribution < 1.29 is 9.53 Å². The van der Waals surface area contributed by atoms with Crippen LogP contribution in [-0.4, -0.2) is 44.7 Å². The first kappa shape index (κ1) is 16.2. The molecule has 0 saturated carbocycles. The molecule has 5 heteroatoms. The van der Waals surface area contributed by atoms with Gasteiger partial charge < -0.3 is 15.0 Å². The molecule has 108 valence electrons. The number of likely N-dealkylation sites (N-methyl/N-ethyl adjacent to an activating group) is 1. The first-order valence-corrected chi connectivity index (χ1v) is 6.63. The molecule has 20 heavy (non-hydrogen) atoms. The molecule has 0 atom stereocenters. The predicted molar refractivity (Wildman–Crippen MR) is 78.4 cm³/mol. The van der Waals surface area contributed by atoms with Gasteiger partial charge in [-0.15, -0.1) is 0 Å². The summed E-state index contributed by atoms with van der Waals surface area (Å²) in [6, 6.07) is 8.89. The average molecular weight is 275 g/mol. The van der Waals surface area contributed by atoms with Crippen molar-refractivity contribution in [3.8, 4) is 6.07 Å². The molecule has 0 radical (unpaired) electrons. The van der Waals surface area contributed by atoms with E-state index < -0.39 is 0 Å². The zero-order valence-electron chi connectivity index (χ0n) is 12.1. The van der Waals surface area contributed by atoms with Gasteiger partial charge in [-0.3, -0.25) is 4.79 Å². The summed E-state index contributed by atoms with van der Waals surface area (Å²) in [5.74, 6) is -0.00477. The first-order chi connectivity index (χ1) is 9.65. The second-order valence-corrected chi connectivity index (χ2v) is 4.64. The smallest absolute Gasteiger partial charge is 0.224 e. The summed E-state index contributed by atoms with van der Waals surface area (Å²) in [6.07, 6.45) is 1.29. The van der Waals surface area contributed by atoms with Gasteiger partial charge in [0.05, 0.1) is 18.2 Å². The van der Waals surface area contributed by atoms with Gasteiger partial charge in [-0.05, 0) is 44.3 Å². The van der Waals surface area contributed by atoms with E-state index in [0.29, 0.717) is 18.6 Å². The van der Waals surface area contributed by atoms with E-state index in [1.807, 2.05) is 13.1 Å². The van der Waals surface area contributed by atoms with Gasteiger partial charge in [-0.25, -0.2) is 0 Å². The van der Waals surface area contributed by atoms with E-state index in [1.54, 1.807) is 31.4 Å². The maximum absolute atomic E-state index is 11.7. The van der Waals surface area contributed by atoms with Crippen molar-refractivity contribution >= 4 is 11.6 Å². The highest BCUT2D eigenvalue weighted by atomic mass is 16.5. The fraction of sp³-hybridized carbons (Fsp3) is 0.467. The third-order valence-corrected chi connectivity index (χ3v) is 2.92. The molecule has 0 bridgehead atoms. The molecule has 0 unspecified atom stereocenters. The average Bonchev–Trinajstić information content (AvgIpc) is 2.46. The number of anilines is 1. The maximum atomic E-state index is 11.7. The van der Waals surface area contributed by atoms with Crippen molar-refractivity contribution in [2.75, 3.05) is 39.2 Å². The quantitative estimate of drug-likeness (QED) is 0.786. The summed E-state index contributed by atoms with van der Waals surface area (Å²) in [4.78, 5) is 13.9. The van der Waals surface area contributed by atoms with Crippen LogP contribution in [0.5, 0.6) is 0 Å². The van der Waals surface area contributed by atoms with Crippen molar-refractivity contribution in [3.63, 3.8) is 0 Å². The Balaban J connectivity index is 2.24. The maximum Gasteiger partial charge on any atom is 0.224 e. The number of methoxy groups -OCH3 is 1. The second kappa shape index (κ2) is 9.08. The van der Waals surface area contributed by atoms with Crippen LogP contribution in [0.4, 0.5) is 5.69 Å². The van der Waals surface area contributed by atoms with Gasteiger partial charge in [0.2, 0.25) is 5.91 Å². The molecule has 1 aromatic carbocycles. The molecule has 0 aliphatic heterocycles. The fourth-order valence-corrected chi connectivity index (χ4v) is 1.72. The number of ether oxygens (including phenoxy) is 1. The lowest BCUT2D eigenvalue weighted by Crippen LogP contribution is -2.25. The Morgan fingerprint density at radius 1 is 1.35 bits per heavy atom. The minimum absolute atomic E-state index is 0.00477. The molecule has 1 amide bonds. The summed E-state index contributed by atoms with van der Waals surface area (Å²) in [5.41, 5.74) is 1.31. The van der Waals surface area contributed by atoms with Gasteiger partial charge in [-0.2, -0.15) is 5.26 Å². The van der Waals surface area contributed by atoms with Gasteiger partial charge in [0.25, 0.3) is 0 Å². The van der Waals surface area contributed by atoms with E-state index in [1.165, 1.54) is 0 Å². The Morgan fingerprint density at radius 2 is 2.05 bits per heavy atom. The molecule has 0 heterocycles. The summed E-state index contributed by atoms with van der Waals surface area (Å²) in [7, 11) is 3.69. The number of nitrogens with one attached hydrogen (secondary N) is 1. The van der Waals surface area contributed by atoms with Gasteiger partial charge in [0.15, 0.2) is 0 Å². The number of carbonyl (C=O) groups is 1. The van der Waals surface area contributed by atoms with E-state index in [2.05, 4.69) is 10.2 Å². The van der Waals surface area contributed by atoms with E-state index in [9.17, 15) is 4.79 Å². The van der Waals surface area contributed by atoms with E-state index >= 15 is 0 Å². The van der Waals surface area contributed by atoms with Gasteiger partial charge in [0.1, 0.15) is 0 Å². The number of nitrogens with zero attached hydrogens (tertiary/aromatic N) is 2. The Kier molecular flexibility index (Phi) is 7.33. The van der Waals surface area contributed by atoms with Crippen LogP contribution >= 0.6 is 0 Å². The van der Waals surface area contributed by atoms with E-state index in [0.717, 1.165) is 25.2 Å². The van der Waals surface area contributed by atoms with Crippen LogP contribution in [0, 0.1) is 11.3 Å². The normalized spacial score (nSPS) is 10.3. The lowest BCUT2D eigenvalue weighted by Gasteiger charge is -2.15. The minimum atomic E-state index is -0.00477. The predicted octanol–water partition coefficient (Wildman–Crippen LogP) is 1.86. The summed E-state index contributed by atoms with van der Waals surface area (Å²) in [6.45, 7) is 2.44. The van der Waals surface area contributed by atoms with E-state index in [-0.39, 0.29) is 5.91 Å². The van der Waals surface area contributed by atoms with Crippen LogP contribution in [0.1, 0.15) is 18.4 Å². The van der Waals surface area contributed by atoms with Crippen molar-refractivity contribution in [1.29, 1.82) is 5.26 Å². The zero-order valence-corrected chi connectivity index (χ0v) is 12.1. The summed E-state index contributed by atoms with van der Waals surface area (Å²) >= 11 is 0. The summed E-state index contributed by atoms with van der Waals surface area (Å²) < 4.78 is 4.99. The van der Waals surface area contributed by atoms with Crippen molar-refractivity contribution in [2.45, 2.75) is 12.8 Å².